The second-order valence-corrected chi connectivity index (χ2v) is 4.06. The third-order valence-corrected chi connectivity index (χ3v) is 2.19. The van der Waals surface area contributed by atoms with Gasteiger partial charge in [0.15, 0.2) is 0 Å². The van der Waals surface area contributed by atoms with Crippen molar-refractivity contribution in [2.24, 2.45) is 0 Å². The van der Waals surface area contributed by atoms with E-state index < -0.39 is 10.2 Å². The highest BCUT2D eigenvalue weighted by Gasteiger charge is 2.13. The number of hydrogen-bond donors (Lipinski definition) is 3. The van der Waals surface area contributed by atoms with E-state index in [9.17, 15) is 8.42 Å². The average Bonchev–Trinajstić information content (AvgIpc) is 2.34. The van der Waals surface area contributed by atoms with Crippen LogP contribution in [0.5, 0.6) is 0 Å². The molecule has 74 valence electrons. The predicted octanol–water partition coefficient (Wildman–Crippen LogP) is -1.15. The molecule has 0 aliphatic rings. The summed E-state index contributed by atoms with van der Waals surface area (Å²) >= 11 is 0. The van der Waals surface area contributed by atoms with Crippen molar-refractivity contribution in [2.45, 2.75) is 19.9 Å². The van der Waals surface area contributed by atoms with Gasteiger partial charge < -0.3 is 0 Å². The summed E-state index contributed by atoms with van der Waals surface area (Å²) in [5.74, 6) is -0.0897. The topological polar surface area (TPSA) is 113 Å². The van der Waals surface area contributed by atoms with Gasteiger partial charge in [0.1, 0.15) is 0 Å². The summed E-state index contributed by atoms with van der Waals surface area (Å²) in [6.07, 6.45) is 0. The van der Waals surface area contributed by atoms with Crippen molar-refractivity contribution < 1.29 is 8.42 Å². The first-order valence-electron chi connectivity index (χ1n) is 3.53. The Labute approximate surface area is 75.3 Å². The maximum Gasteiger partial charge on any atom is 0.301 e. The number of tetrazole rings is 1. The first-order chi connectivity index (χ1) is 5.99. The second kappa shape index (κ2) is 3.66. The van der Waals surface area contributed by atoms with Crippen LogP contribution in [-0.4, -0.2) is 35.1 Å². The van der Waals surface area contributed by atoms with Gasteiger partial charge in [-0.1, -0.05) is 5.10 Å². The van der Waals surface area contributed by atoms with Crippen LogP contribution >= 0.6 is 0 Å². The quantitative estimate of drug-likeness (QED) is 0.576. The van der Waals surface area contributed by atoms with E-state index in [1.165, 1.54) is 0 Å². The van der Waals surface area contributed by atoms with Gasteiger partial charge in [0.05, 0.1) is 0 Å². The van der Waals surface area contributed by atoms with Crippen LogP contribution in [-0.2, 0) is 10.2 Å². The summed E-state index contributed by atoms with van der Waals surface area (Å²) in [6, 6.07) is -0.190. The number of nitrogens with one attached hydrogen (secondary N) is 3. The number of anilines is 1. The van der Waals surface area contributed by atoms with Crippen LogP contribution < -0.4 is 9.44 Å². The Bertz CT molecular complexity index is 343. The maximum absolute atomic E-state index is 11.2. The fraction of sp³-hybridized carbons (Fsp3) is 0.750. The lowest BCUT2D eigenvalue weighted by atomic mass is 10.4. The molecule has 0 aliphatic heterocycles. The number of rotatable bonds is 4. The number of aromatic nitrogens is 4. The summed E-state index contributed by atoms with van der Waals surface area (Å²) in [7, 11) is -3.59. The summed E-state index contributed by atoms with van der Waals surface area (Å²) < 4.78 is 26.7. The molecule has 0 radical (unpaired) electrons. The van der Waals surface area contributed by atoms with Crippen LogP contribution in [0.25, 0.3) is 0 Å². The molecule has 3 N–H and O–H groups in total. The number of H-pyrrole nitrogens is 1. The Morgan fingerprint density at radius 3 is 2.62 bits per heavy atom. The van der Waals surface area contributed by atoms with Crippen molar-refractivity contribution in [1.29, 1.82) is 0 Å². The molecule has 0 bridgehead atoms. The zero-order valence-corrected chi connectivity index (χ0v) is 7.96. The lowest BCUT2D eigenvalue weighted by Crippen LogP contribution is -2.35. The molecule has 1 heterocycles. The van der Waals surface area contributed by atoms with E-state index >= 15 is 0 Å². The van der Waals surface area contributed by atoms with Gasteiger partial charge in [0, 0.05) is 6.04 Å². The monoisotopic (exact) mass is 206 g/mol. The van der Waals surface area contributed by atoms with Gasteiger partial charge in [0.25, 0.3) is 5.95 Å². The summed E-state index contributed by atoms with van der Waals surface area (Å²) in [5, 5.41) is 12.2. The summed E-state index contributed by atoms with van der Waals surface area (Å²) in [5.41, 5.74) is 0. The van der Waals surface area contributed by atoms with Gasteiger partial charge in [-0.15, -0.1) is 5.10 Å². The van der Waals surface area contributed by atoms with Gasteiger partial charge in [0.2, 0.25) is 0 Å². The number of aromatic amines is 1. The Morgan fingerprint density at radius 1 is 1.46 bits per heavy atom. The fourth-order valence-electron chi connectivity index (χ4n) is 0.665. The summed E-state index contributed by atoms with van der Waals surface area (Å²) in [6.45, 7) is 3.41. The fourth-order valence-corrected chi connectivity index (χ4v) is 1.67. The van der Waals surface area contributed by atoms with Crippen molar-refractivity contribution in [3.63, 3.8) is 0 Å². The van der Waals surface area contributed by atoms with Crippen LogP contribution in [0.1, 0.15) is 13.8 Å². The lowest BCUT2D eigenvalue weighted by molar-refractivity contribution is 0.575. The van der Waals surface area contributed by atoms with Gasteiger partial charge in [-0.3, -0.25) is 0 Å². The van der Waals surface area contributed by atoms with Crippen molar-refractivity contribution in [3.8, 4) is 0 Å². The summed E-state index contributed by atoms with van der Waals surface area (Å²) in [4.78, 5) is 0. The first kappa shape index (κ1) is 9.86. The maximum atomic E-state index is 11.2. The standard InChI is InChI=1S/C4H10N6O2S/c1-3(2)7-13(11,12)8-4-5-9-10-6-4/h3,7H,1-2H3,(H2,5,6,8,9,10). The second-order valence-electron chi connectivity index (χ2n) is 2.61. The van der Waals surface area contributed by atoms with E-state index in [4.69, 9.17) is 0 Å². The van der Waals surface area contributed by atoms with Crippen LogP contribution in [0.3, 0.4) is 0 Å². The van der Waals surface area contributed by atoms with E-state index in [2.05, 4.69) is 30.1 Å². The highest BCUT2D eigenvalue weighted by Crippen LogP contribution is 1.95. The largest absolute Gasteiger partial charge is 0.301 e. The predicted molar refractivity (Wildman–Crippen MR) is 45.0 cm³/mol. The Balaban J connectivity index is 2.63. The molecule has 9 heteroatoms. The Morgan fingerprint density at radius 2 is 2.15 bits per heavy atom. The normalized spacial score (nSPS) is 11.9. The minimum absolute atomic E-state index is 0.0897. The van der Waals surface area contributed by atoms with Crippen molar-refractivity contribution >= 4 is 16.2 Å². The molecule has 0 spiro atoms. The van der Waals surface area contributed by atoms with Crippen LogP contribution in [0.4, 0.5) is 5.95 Å². The molecule has 8 nitrogen and oxygen atoms in total. The highest BCUT2D eigenvalue weighted by molar-refractivity contribution is 7.90. The Kier molecular flexibility index (Phi) is 2.78. The molecule has 1 aromatic heterocycles. The first-order valence-corrected chi connectivity index (χ1v) is 5.01. The van der Waals surface area contributed by atoms with E-state index in [1.54, 1.807) is 13.8 Å². The number of nitrogens with zero attached hydrogens (tertiary/aromatic N) is 3. The SMILES string of the molecule is CC(C)NS(=O)(=O)Nc1nn[nH]n1. The molecule has 1 aromatic rings. The zero-order valence-electron chi connectivity index (χ0n) is 7.14. The molecule has 13 heavy (non-hydrogen) atoms. The van der Waals surface area contributed by atoms with Crippen LogP contribution in [0, 0.1) is 0 Å². The molecule has 0 saturated heterocycles. The molecule has 0 fully saturated rings. The Hall–Kier alpha value is -1.22. The molecule has 0 aliphatic carbocycles. The molecule has 0 atom stereocenters. The van der Waals surface area contributed by atoms with E-state index in [1.807, 2.05) is 0 Å². The third kappa shape index (κ3) is 3.34. The van der Waals surface area contributed by atoms with Gasteiger partial charge >= 0.3 is 10.2 Å². The van der Waals surface area contributed by atoms with E-state index in [-0.39, 0.29) is 12.0 Å². The highest BCUT2D eigenvalue weighted by atomic mass is 32.2. The van der Waals surface area contributed by atoms with Gasteiger partial charge in [-0.05, 0) is 19.1 Å². The minimum Gasteiger partial charge on any atom is -0.236 e. The van der Waals surface area contributed by atoms with Crippen LogP contribution in [0.2, 0.25) is 0 Å². The van der Waals surface area contributed by atoms with Gasteiger partial charge in [-0.25, -0.2) is 4.72 Å². The van der Waals surface area contributed by atoms with Crippen molar-refractivity contribution in [3.05, 3.63) is 0 Å². The average molecular weight is 206 g/mol. The molecule has 0 aromatic carbocycles. The van der Waals surface area contributed by atoms with Gasteiger partial charge in [-0.2, -0.15) is 18.4 Å². The molecule has 0 amide bonds. The third-order valence-electron chi connectivity index (χ3n) is 0.962. The smallest absolute Gasteiger partial charge is 0.236 e. The van der Waals surface area contributed by atoms with Crippen molar-refractivity contribution in [2.75, 3.05) is 4.72 Å². The van der Waals surface area contributed by atoms with E-state index in [0.717, 1.165) is 0 Å². The molecule has 0 saturated carbocycles. The lowest BCUT2D eigenvalue weighted by Gasteiger charge is -2.08. The molecular weight excluding hydrogens is 196 g/mol. The van der Waals surface area contributed by atoms with Crippen LogP contribution in [0.15, 0.2) is 0 Å². The minimum atomic E-state index is -3.59. The van der Waals surface area contributed by atoms with E-state index in [0.29, 0.717) is 0 Å². The van der Waals surface area contributed by atoms with Crippen molar-refractivity contribution in [1.82, 2.24) is 25.3 Å². The number of hydrogen-bond acceptors (Lipinski definition) is 5. The zero-order chi connectivity index (χ0) is 9.90. The molecular formula is C4H10N6O2S. The molecule has 1 rings (SSSR count). The molecule has 0 unspecified atom stereocenters.